The van der Waals surface area contributed by atoms with Gasteiger partial charge in [-0.2, -0.15) is 0 Å². The van der Waals surface area contributed by atoms with Crippen LogP contribution in [0.4, 0.5) is 0 Å². The Morgan fingerprint density at radius 1 is 1.14 bits per heavy atom. The summed E-state index contributed by atoms with van der Waals surface area (Å²) in [6.07, 6.45) is 12.3. The molecule has 21 heavy (non-hydrogen) atoms. The molecule has 0 unspecified atom stereocenters. The number of rotatable bonds is 7. The Morgan fingerprint density at radius 2 is 1.81 bits per heavy atom. The van der Waals surface area contributed by atoms with E-state index in [-0.39, 0.29) is 5.78 Å². The zero-order valence-electron chi connectivity index (χ0n) is 13.3. The van der Waals surface area contributed by atoms with Crippen LogP contribution in [0.25, 0.3) is 0 Å². The molecule has 1 aliphatic rings. The number of carbonyl (C=O) groups excluding carboxylic acids is 1. The maximum absolute atomic E-state index is 11.6. The molecule has 0 aromatic heterocycles. The highest BCUT2D eigenvalue weighted by Gasteiger charge is 2.22. The standard InChI is InChI=1S/C20H28O/c1-3-5-6-7-16-8-10-17(11-9-16)18-12-14-19(15-13-18)20(21)4-2/h4,12-17H,2-3,5-11H2,1H3. The first-order valence-electron chi connectivity index (χ1n) is 8.51. The fraction of sp³-hybridized carbons (Fsp3) is 0.550. The molecule has 0 amide bonds. The first-order chi connectivity index (χ1) is 10.2. The largest absolute Gasteiger partial charge is 0.289 e. The van der Waals surface area contributed by atoms with Gasteiger partial charge in [0.1, 0.15) is 0 Å². The lowest BCUT2D eigenvalue weighted by Gasteiger charge is -2.29. The minimum atomic E-state index is 0.0150. The van der Waals surface area contributed by atoms with E-state index in [0.717, 1.165) is 11.5 Å². The molecular weight excluding hydrogens is 256 g/mol. The van der Waals surface area contributed by atoms with E-state index >= 15 is 0 Å². The maximum atomic E-state index is 11.6. The Hall–Kier alpha value is -1.37. The normalized spacial score (nSPS) is 22.0. The minimum Gasteiger partial charge on any atom is -0.289 e. The second-order valence-electron chi connectivity index (χ2n) is 6.40. The first-order valence-corrected chi connectivity index (χ1v) is 8.51. The van der Waals surface area contributed by atoms with E-state index in [0.29, 0.717) is 5.92 Å². The number of benzene rings is 1. The number of unbranched alkanes of at least 4 members (excludes halogenated alkanes) is 2. The number of hydrogen-bond acceptors (Lipinski definition) is 1. The molecule has 0 N–H and O–H groups in total. The molecule has 1 nitrogen and oxygen atoms in total. The van der Waals surface area contributed by atoms with Crippen LogP contribution < -0.4 is 0 Å². The van der Waals surface area contributed by atoms with Crippen molar-refractivity contribution >= 4 is 5.78 Å². The van der Waals surface area contributed by atoms with E-state index in [2.05, 4.69) is 25.6 Å². The third-order valence-corrected chi connectivity index (χ3v) is 4.91. The summed E-state index contributed by atoms with van der Waals surface area (Å²) in [7, 11) is 0. The van der Waals surface area contributed by atoms with Gasteiger partial charge < -0.3 is 0 Å². The fourth-order valence-electron chi connectivity index (χ4n) is 3.50. The third-order valence-electron chi connectivity index (χ3n) is 4.91. The van der Waals surface area contributed by atoms with E-state index in [1.807, 2.05) is 12.1 Å². The van der Waals surface area contributed by atoms with Crippen LogP contribution in [0.1, 0.15) is 80.1 Å². The van der Waals surface area contributed by atoms with Gasteiger partial charge in [-0.05, 0) is 49.2 Å². The Bertz CT molecular complexity index is 449. The molecule has 1 fully saturated rings. The highest BCUT2D eigenvalue weighted by molar-refractivity contribution is 6.04. The molecule has 0 bridgehead atoms. The lowest BCUT2D eigenvalue weighted by atomic mass is 9.77. The molecule has 114 valence electrons. The Labute approximate surface area is 129 Å². The topological polar surface area (TPSA) is 17.1 Å². The summed E-state index contributed by atoms with van der Waals surface area (Å²) < 4.78 is 0. The van der Waals surface area contributed by atoms with Gasteiger partial charge >= 0.3 is 0 Å². The number of carbonyl (C=O) groups is 1. The summed E-state index contributed by atoms with van der Waals surface area (Å²) >= 11 is 0. The van der Waals surface area contributed by atoms with Gasteiger partial charge in [0.25, 0.3) is 0 Å². The molecule has 1 aromatic rings. The predicted octanol–water partition coefficient (Wildman–Crippen LogP) is 5.91. The highest BCUT2D eigenvalue weighted by atomic mass is 16.1. The lowest BCUT2D eigenvalue weighted by Crippen LogP contribution is -2.13. The molecule has 1 saturated carbocycles. The van der Waals surface area contributed by atoms with Gasteiger partial charge in [0, 0.05) is 5.56 Å². The Morgan fingerprint density at radius 3 is 2.38 bits per heavy atom. The predicted molar refractivity (Wildman–Crippen MR) is 89.8 cm³/mol. The van der Waals surface area contributed by atoms with Crippen molar-refractivity contribution < 1.29 is 4.79 Å². The van der Waals surface area contributed by atoms with E-state index < -0.39 is 0 Å². The van der Waals surface area contributed by atoms with Gasteiger partial charge in [-0.3, -0.25) is 4.79 Å². The molecule has 0 radical (unpaired) electrons. The van der Waals surface area contributed by atoms with Crippen molar-refractivity contribution in [2.24, 2.45) is 5.92 Å². The average molecular weight is 284 g/mol. The minimum absolute atomic E-state index is 0.0150. The SMILES string of the molecule is C=CC(=O)c1ccc(C2CCC(CCCCC)CC2)cc1. The molecule has 1 aliphatic carbocycles. The molecule has 0 saturated heterocycles. The zero-order valence-corrected chi connectivity index (χ0v) is 13.3. The average Bonchev–Trinajstić information content (AvgIpc) is 2.55. The monoisotopic (exact) mass is 284 g/mol. The Balaban J connectivity index is 1.84. The van der Waals surface area contributed by atoms with E-state index in [1.54, 1.807) is 0 Å². The van der Waals surface area contributed by atoms with E-state index in [1.165, 1.54) is 63.0 Å². The second kappa shape index (κ2) is 8.17. The van der Waals surface area contributed by atoms with Crippen LogP contribution in [0.3, 0.4) is 0 Å². The number of allylic oxidation sites excluding steroid dienone is 1. The summed E-state index contributed by atoms with van der Waals surface area (Å²) in [5, 5.41) is 0. The molecule has 1 aromatic carbocycles. The van der Waals surface area contributed by atoms with Crippen molar-refractivity contribution in [3.63, 3.8) is 0 Å². The van der Waals surface area contributed by atoms with Crippen LogP contribution >= 0.6 is 0 Å². The van der Waals surface area contributed by atoms with Crippen molar-refractivity contribution in [2.45, 2.75) is 64.2 Å². The van der Waals surface area contributed by atoms with Crippen molar-refractivity contribution in [1.82, 2.24) is 0 Å². The summed E-state index contributed by atoms with van der Waals surface area (Å²) in [4.78, 5) is 11.6. The third kappa shape index (κ3) is 4.56. The van der Waals surface area contributed by atoms with Crippen LogP contribution in [0.2, 0.25) is 0 Å². The number of ketones is 1. The van der Waals surface area contributed by atoms with Crippen LogP contribution in [0, 0.1) is 5.92 Å². The van der Waals surface area contributed by atoms with Crippen molar-refractivity contribution in [2.75, 3.05) is 0 Å². The van der Waals surface area contributed by atoms with Gasteiger partial charge in [-0.15, -0.1) is 0 Å². The van der Waals surface area contributed by atoms with Crippen molar-refractivity contribution in [1.29, 1.82) is 0 Å². The van der Waals surface area contributed by atoms with Crippen LogP contribution in [-0.2, 0) is 0 Å². The van der Waals surface area contributed by atoms with Crippen LogP contribution in [0.15, 0.2) is 36.9 Å². The summed E-state index contributed by atoms with van der Waals surface area (Å²) in [5.74, 6) is 1.66. The van der Waals surface area contributed by atoms with Gasteiger partial charge in [-0.25, -0.2) is 0 Å². The van der Waals surface area contributed by atoms with Crippen LogP contribution in [0.5, 0.6) is 0 Å². The number of hydrogen-bond donors (Lipinski definition) is 0. The summed E-state index contributed by atoms with van der Waals surface area (Å²) in [6, 6.07) is 8.18. The quantitative estimate of drug-likeness (QED) is 0.345. The fourth-order valence-corrected chi connectivity index (χ4v) is 3.50. The molecular formula is C20H28O. The van der Waals surface area contributed by atoms with Crippen LogP contribution in [-0.4, -0.2) is 5.78 Å². The molecule has 1 heteroatoms. The molecule has 0 heterocycles. The lowest BCUT2D eigenvalue weighted by molar-refractivity contribution is 0.104. The smallest absolute Gasteiger partial charge is 0.185 e. The molecule has 0 aliphatic heterocycles. The molecule has 0 atom stereocenters. The maximum Gasteiger partial charge on any atom is 0.185 e. The van der Waals surface area contributed by atoms with Gasteiger partial charge in [0.05, 0.1) is 0 Å². The first kappa shape index (κ1) is 16.0. The Kier molecular flexibility index (Phi) is 6.22. The molecule has 0 spiro atoms. The van der Waals surface area contributed by atoms with Crippen molar-refractivity contribution in [3.8, 4) is 0 Å². The van der Waals surface area contributed by atoms with Crippen molar-refractivity contribution in [3.05, 3.63) is 48.0 Å². The highest BCUT2D eigenvalue weighted by Crippen LogP contribution is 2.37. The van der Waals surface area contributed by atoms with Gasteiger partial charge in [0.15, 0.2) is 5.78 Å². The van der Waals surface area contributed by atoms with Gasteiger partial charge in [0.2, 0.25) is 0 Å². The van der Waals surface area contributed by atoms with E-state index in [4.69, 9.17) is 0 Å². The zero-order chi connectivity index (χ0) is 15.1. The summed E-state index contributed by atoms with van der Waals surface area (Å²) in [6.45, 7) is 5.81. The second-order valence-corrected chi connectivity index (χ2v) is 6.40. The van der Waals surface area contributed by atoms with E-state index in [9.17, 15) is 4.79 Å². The summed E-state index contributed by atoms with van der Waals surface area (Å²) in [5.41, 5.74) is 2.16. The van der Waals surface area contributed by atoms with Gasteiger partial charge in [-0.1, -0.05) is 63.5 Å². The molecule has 2 rings (SSSR count).